The summed E-state index contributed by atoms with van der Waals surface area (Å²) in [5.74, 6) is -2.39. The Balaban J connectivity index is 3.06. The highest BCUT2D eigenvalue weighted by Crippen LogP contribution is 2.14. The Morgan fingerprint density at radius 1 is 1.19 bits per heavy atom. The first-order valence-corrected chi connectivity index (χ1v) is 10.2. The van der Waals surface area contributed by atoms with Crippen molar-refractivity contribution < 1.29 is 23.1 Å². The van der Waals surface area contributed by atoms with Gasteiger partial charge < -0.3 is 10.4 Å². The van der Waals surface area contributed by atoms with E-state index in [2.05, 4.69) is 16.6 Å². The number of nitrogens with one attached hydrogen (secondary N) is 2. The number of carbonyl (C=O) groups excluding carboxylic acids is 1. The number of rotatable bonds is 10. The van der Waals surface area contributed by atoms with Gasteiger partial charge in [0.2, 0.25) is 15.9 Å². The lowest BCUT2D eigenvalue weighted by Crippen LogP contribution is -2.53. The zero-order valence-corrected chi connectivity index (χ0v) is 16.9. The molecule has 7 nitrogen and oxygen atoms in total. The molecule has 3 N–H and O–H groups in total. The minimum Gasteiger partial charge on any atom is -0.480 e. The molecule has 27 heavy (non-hydrogen) atoms. The van der Waals surface area contributed by atoms with E-state index in [1.165, 1.54) is 18.2 Å². The topological polar surface area (TPSA) is 113 Å². The predicted octanol–water partition coefficient (Wildman–Crippen LogP) is 2.08. The van der Waals surface area contributed by atoms with Crippen LogP contribution in [-0.4, -0.2) is 37.5 Å². The van der Waals surface area contributed by atoms with Gasteiger partial charge in [0.15, 0.2) is 0 Å². The third kappa shape index (κ3) is 6.80. The molecule has 0 aliphatic rings. The zero-order valence-electron chi connectivity index (χ0n) is 16.1. The first kappa shape index (κ1) is 22.9. The summed E-state index contributed by atoms with van der Waals surface area (Å²) in [6, 6.07) is 3.98. The minimum absolute atomic E-state index is 0.0153. The average Bonchev–Trinajstić information content (AvgIpc) is 2.57. The average molecular weight is 397 g/mol. The molecule has 8 heteroatoms. The number of hydrogen-bond acceptors (Lipinski definition) is 4. The number of benzene rings is 1. The largest absolute Gasteiger partial charge is 0.480 e. The fourth-order valence-electron chi connectivity index (χ4n) is 2.46. The second kappa shape index (κ2) is 9.66. The Morgan fingerprint density at radius 3 is 2.19 bits per heavy atom. The van der Waals surface area contributed by atoms with Crippen molar-refractivity contribution in [3.63, 3.8) is 0 Å². The molecule has 0 heterocycles. The molecule has 1 aromatic rings. The van der Waals surface area contributed by atoms with E-state index in [-0.39, 0.29) is 17.2 Å². The van der Waals surface area contributed by atoms with Crippen molar-refractivity contribution in [3.8, 4) is 0 Å². The molecule has 0 spiro atoms. The Morgan fingerprint density at radius 2 is 1.74 bits per heavy atom. The van der Waals surface area contributed by atoms with Gasteiger partial charge in [-0.05, 0) is 31.4 Å². The van der Waals surface area contributed by atoms with Crippen molar-refractivity contribution in [1.29, 1.82) is 0 Å². The monoisotopic (exact) mass is 396 g/mol. The van der Waals surface area contributed by atoms with Gasteiger partial charge in [-0.2, -0.15) is 4.72 Å². The van der Waals surface area contributed by atoms with Crippen molar-refractivity contribution in [1.82, 2.24) is 10.0 Å². The van der Waals surface area contributed by atoms with Crippen LogP contribution in [0.1, 0.15) is 32.8 Å². The Kier molecular flexibility index (Phi) is 8.18. The van der Waals surface area contributed by atoms with Gasteiger partial charge in [0.25, 0.3) is 0 Å². The van der Waals surface area contributed by atoms with Gasteiger partial charge in [-0.25, -0.2) is 13.2 Å². The van der Waals surface area contributed by atoms with E-state index in [0.717, 1.165) is 5.56 Å². The van der Waals surface area contributed by atoms with E-state index in [1.807, 2.05) is 20.8 Å². The highest BCUT2D eigenvalue weighted by molar-refractivity contribution is 7.89. The molecule has 0 radical (unpaired) electrons. The summed E-state index contributed by atoms with van der Waals surface area (Å²) in [6.07, 6.45) is 1.65. The Labute approximate surface area is 160 Å². The standard InChI is InChI=1S/C19H28N2O5S/c1-6-14(5)17(19(23)24)20-18(22)16(11-12(2)3)21-27(25,26)15-9-7-13(4)8-10-15/h6-10,12,14,16-17,21H,1,11H2,2-5H3,(H,20,22)(H,23,24)/t14-,16-,17+/m0/s1. The molecule has 0 unspecified atom stereocenters. The summed E-state index contributed by atoms with van der Waals surface area (Å²) in [6.45, 7) is 10.7. The fraction of sp³-hybridized carbons (Fsp3) is 0.474. The van der Waals surface area contributed by atoms with E-state index in [4.69, 9.17) is 0 Å². The number of amides is 1. The maximum Gasteiger partial charge on any atom is 0.326 e. The summed E-state index contributed by atoms with van der Waals surface area (Å²) in [4.78, 5) is 24.1. The van der Waals surface area contributed by atoms with Gasteiger partial charge in [0, 0.05) is 5.92 Å². The maximum absolute atomic E-state index is 12.6. The van der Waals surface area contributed by atoms with Crippen LogP contribution in [-0.2, 0) is 19.6 Å². The molecule has 0 saturated carbocycles. The van der Waals surface area contributed by atoms with Gasteiger partial charge in [-0.15, -0.1) is 6.58 Å². The molecular weight excluding hydrogens is 368 g/mol. The molecule has 1 rings (SSSR count). The third-order valence-corrected chi connectivity index (χ3v) is 5.60. The highest BCUT2D eigenvalue weighted by atomic mass is 32.2. The van der Waals surface area contributed by atoms with E-state index in [1.54, 1.807) is 19.1 Å². The van der Waals surface area contributed by atoms with Crippen LogP contribution >= 0.6 is 0 Å². The van der Waals surface area contributed by atoms with E-state index < -0.39 is 39.9 Å². The number of carbonyl (C=O) groups is 2. The van der Waals surface area contributed by atoms with Gasteiger partial charge in [-0.1, -0.05) is 44.5 Å². The Bertz CT molecular complexity index is 772. The van der Waals surface area contributed by atoms with Crippen LogP contribution < -0.4 is 10.0 Å². The number of aliphatic carboxylic acids is 1. The molecule has 0 bridgehead atoms. The van der Waals surface area contributed by atoms with Crippen LogP contribution in [0.4, 0.5) is 0 Å². The van der Waals surface area contributed by atoms with Crippen molar-refractivity contribution >= 4 is 21.9 Å². The summed E-state index contributed by atoms with van der Waals surface area (Å²) >= 11 is 0. The molecule has 0 fully saturated rings. The normalized spacial score (nSPS) is 15.0. The van der Waals surface area contributed by atoms with E-state index in [9.17, 15) is 23.1 Å². The van der Waals surface area contributed by atoms with Crippen LogP contribution in [0.3, 0.4) is 0 Å². The second-order valence-corrected chi connectivity index (χ2v) is 8.75. The SMILES string of the molecule is C=C[C@H](C)[C@@H](NC(=O)[C@H](CC(C)C)NS(=O)(=O)c1ccc(C)cc1)C(=O)O. The molecule has 1 amide bonds. The quantitative estimate of drug-likeness (QED) is 0.524. The Hall–Kier alpha value is -2.19. The fourth-order valence-corrected chi connectivity index (χ4v) is 3.67. The summed E-state index contributed by atoms with van der Waals surface area (Å²) in [5.41, 5.74) is 0.910. The van der Waals surface area contributed by atoms with Crippen molar-refractivity contribution in [2.45, 2.75) is 51.1 Å². The first-order valence-electron chi connectivity index (χ1n) is 8.72. The molecule has 3 atom stereocenters. The van der Waals surface area contributed by atoms with Crippen LogP contribution in [0, 0.1) is 18.8 Å². The maximum atomic E-state index is 12.6. The second-order valence-electron chi connectivity index (χ2n) is 7.04. The predicted molar refractivity (Wildman–Crippen MR) is 104 cm³/mol. The number of sulfonamides is 1. The number of aryl methyl sites for hydroxylation is 1. The molecule has 150 valence electrons. The van der Waals surface area contributed by atoms with Gasteiger partial charge in [0.05, 0.1) is 4.90 Å². The van der Waals surface area contributed by atoms with Crippen LogP contribution in [0.2, 0.25) is 0 Å². The lowest BCUT2D eigenvalue weighted by molar-refractivity contribution is -0.143. The first-order chi connectivity index (χ1) is 12.5. The lowest BCUT2D eigenvalue weighted by Gasteiger charge is -2.24. The van der Waals surface area contributed by atoms with Gasteiger partial charge in [0.1, 0.15) is 12.1 Å². The molecule has 0 aliphatic carbocycles. The minimum atomic E-state index is -3.93. The van der Waals surface area contributed by atoms with Crippen LogP contribution in [0.25, 0.3) is 0 Å². The zero-order chi connectivity index (χ0) is 20.8. The van der Waals surface area contributed by atoms with E-state index >= 15 is 0 Å². The molecular formula is C19H28N2O5S. The number of carboxylic acids is 1. The van der Waals surface area contributed by atoms with Crippen molar-refractivity contribution in [2.24, 2.45) is 11.8 Å². The summed E-state index contributed by atoms with van der Waals surface area (Å²) in [7, 11) is -3.93. The number of carboxylic acid groups (broad SMARTS) is 1. The van der Waals surface area contributed by atoms with E-state index in [0.29, 0.717) is 0 Å². The highest BCUT2D eigenvalue weighted by Gasteiger charge is 2.31. The summed E-state index contributed by atoms with van der Waals surface area (Å²) < 4.78 is 27.7. The molecule has 0 aromatic heterocycles. The lowest BCUT2D eigenvalue weighted by atomic mass is 10.00. The smallest absolute Gasteiger partial charge is 0.326 e. The number of hydrogen-bond donors (Lipinski definition) is 3. The van der Waals surface area contributed by atoms with Crippen LogP contribution in [0.5, 0.6) is 0 Å². The summed E-state index contributed by atoms with van der Waals surface area (Å²) in [5, 5.41) is 11.7. The third-order valence-electron chi connectivity index (χ3n) is 4.11. The molecule has 0 saturated heterocycles. The van der Waals surface area contributed by atoms with Crippen molar-refractivity contribution in [3.05, 3.63) is 42.5 Å². The molecule has 0 aliphatic heterocycles. The molecule has 1 aromatic carbocycles. The van der Waals surface area contributed by atoms with Crippen LogP contribution in [0.15, 0.2) is 41.8 Å². The van der Waals surface area contributed by atoms with Gasteiger partial charge in [-0.3, -0.25) is 4.79 Å². The van der Waals surface area contributed by atoms with Gasteiger partial charge >= 0.3 is 5.97 Å². The van der Waals surface area contributed by atoms with Crippen molar-refractivity contribution in [2.75, 3.05) is 0 Å².